The zero-order valence-electron chi connectivity index (χ0n) is 4.33. The summed E-state index contributed by atoms with van der Waals surface area (Å²) in [5.74, 6) is 0. The highest BCUT2D eigenvalue weighted by Crippen LogP contribution is 2.04. The normalized spacial score (nSPS) is 11.0. The van der Waals surface area contributed by atoms with E-state index in [-0.39, 0.29) is 0 Å². The van der Waals surface area contributed by atoms with Gasteiger partial charge in [-0.05, 0) is 21.0 Å². The van der Waals surface area contributed by atoms with E-state index < -0.39 is 0 Å². The van der Waals surface area contributed by atoms with Crippen LogP contribution in [0.15, 0.2) is 0 Å². The van der Waals surface area contributed by atoms with E-state index in [1.165, 1.54) is 0 Å². The van der Waals surface area contributed by atoms with Crippen LogP contribution in [0.3, 0.4) is 0 Å². The van der Waals surface area contributed by atoms with Crippen molar-refractivity contribution in [2.24, 2.45) is 0 Å². The molecule has 0 aliphatic heterocycles. The lowest BCUT2D eigenvalue weighted by Gasteiger charge is -2.08. The highest BCUT2D eigenvalue weighted by Gasteiger charge is 1.95. The van der Waals surface area contributed by atoms with Crippen molar-refractivity contribution in [2.45, 2.75) is 6.92 Å². The van der Waals surface area contributed by atoms with Gasteiger partial charge in [-0.3, -0.25) is 4.90 Å². The Morgan fingerprint density at radius 1 is 1.50 bits per heavy atom. The van der Waals surface area contributed by atoms with Gasteiger partial charge in [0.15, 0.2) is 0 Å². The first-order valence-electron chi connectivity index (χ1n) is 1.81. The molecule has 0 rings (SSSR count). The Morgan fingerprint density at radius 3 is 1.67 bits per heavy atom. The topological polar surface area (TPSA) is 3.24 Å². The van der Waals surface area contributed by atoms with Gasteiger partial charge >= 0.3 is 0 Å². The molecule has 0 N–H and O–H groups in total. The molecule has 0 aromatic heterocycles. The van der Waals surface area contributed by atoms with Crippen molar-refractivity contribution in [1.29, 1.82) is 0 Å². The van der Waals surface area contributed by atoms with Gasteiger partial charge in [0, 0.05) is 0 Å². The van der Waals surface area contributed by atoms with Gasteiger partial charge in [0.25, 0.3) is 0 Å². The number of rotatable bonds is 1. The quantitative estimate of drug-likeness (QED) is 0.456. The van der Waals surface area contributed by atoms with Gasteiger partial charge in [0.1, 0.15) is 5.50 Å². The van der Waals surface area contributed by atoms with E-state index in [0.29, 0.717) is 0 Å². The summed E-state index contributed by atoms with van der Waals surface area (Å²) in [4.78, 5) is 1.85. The molecule has 0 aliphatic rings. The van der Waals surface area contributed by atoms with Crippen molar-refractivity contribution in [3.63, 3.8) is 0 Å². The van der Waals surface area contributed by atoms with Gasteiger partial charge < -0.3 is 0 Å². The maximum absolute atomic E-state index is 5.46. The zero-order valence-corrected chi connectivity index (χ0v) is 5.08. The predicted octanol–water partition coefficient (Wildman–Crippen LogP) is 1.30. The SMILES string of the molecule is C[C](Cl)N(C)C. The fourth-order valence-corrected chi connectivity index (χ4v) is 0. The number of nitrogens with zero attached hydrogens (tertiary/aromatic N) is 1. The molecule has 0 amide bonds. The van der Waals surface area contributed by atoms with Crippen LogP contribution in [0.25, 0.3) is 0 Å². The average molecular weight is 107 g/mol. The zero-order chi connectivity index (χ0) is 5.15. The Morgan fingerprint density at radius 2 is 1.67 bits per heavy atom. The lowest BCUT2D eigenvalue weighted by atomic mass is 10.7. The molecule has 0 fully saturated rings. The van der Waals surface area contributed by atoms with E-state index in [1.807, 2.05) is 25.9 Å². The summed E-state index contributed by atoms with van der Waals surface area (Å²) in [6, 6.07) is 0. The maximum Gasteiger partial charge on any atom is 0.125 e. The first kappa shape index (κ1) is 6.25. The van der Waals surface area contributed by atoms with Gasteiger partial charge in [-0.15, -0.1) is 0 Å². The maximum atomic E-state index is 5.46. The fourth-order valence-electron chi connectivity index (χ4n) is 0. The monoisotopic (exact) mass is 106 g/mol. The Hall–Kier alpha value is 0.250. The van der Waals surface area contributed by atoms with Crippen LogP contribution in [0, 0.1) is 5.50 Å². The molecule has 0 spiro atoms. The van der Waals surface area contributed by atoms with Crippen LogP contribution in [-0.2, 0) is 0 Å². The van der Waals surface area contributed by atoms with Crippen LogP contribution in [0.4, 0.5) is 0 Å². The van der Waals surface area contributed by atoms with Crippen molar-refractivity contribution in [2.75, 3.05) is 14.1 Å². The highest BCUT2D eigenvalue weighted by molar-refractivity contribution is 6.26. The van der Waals surface area contributed by atoms with Crippen LogP contribution >= 0.6 is 11.6 Å². The second-order valence-corrected chi connectivity index (χ2v) is 1.94. The van der Waals surface area contributed by atoms with E-state index in [0.717, 1.165) is 5.50 Å². The standard InChI is InChI=1S/C4H9ClN/c1-4(5)6(2)3/h1-3H3. The minimum absolute atomic E-state index is 0.815. The molecule has 0 saturated carbocycles. The van der Waals surface area contributed by atoms with Crippen molar-refractivity contribution in [3.8, 4) is 0 Å². The van der Waals surface area contributed by atoms with Gasteiger partial charge in [0.2, 0.25) is 0 Å². The average Bonchev–Trinajstić information content (AvgIpc) is 1.36. The van der Waals surface area contributed by atoms with Gasteiger partial charge in [-0.2, -0.15) is 0 Å². The molecule has 0 saturated heterocycles. The van der Waals surface area contributed by atoms with Crippen LogP contribution in [0.1, 0.15) is 6.92 Å². The molecule has 0 bridgehead atoms. The molecular weight excluding hydrogens is 97.5 g/mol. The number of hydrogen-bond acceptors (Lipinski definition) is 1. The summed E-state index contributed by atoms with van der Waals surface area (Å²) in [5.41, 5.74) is 0.815. The lowest BCUT2D eigenvalue weighted by Crippen LogP contribution is -2.10. The molecule has 37 valence electrons. The lowest BCUT2D eigenvalue weighted by molar-refractivity contribution is 0.480. The third kappa shape index (κ3) is 2.49. The summed E-state index contributed by atoms with van der Waals surface area (Å²) < 4.78 is 0. The van der Waals surface area contributed by atoms with E-state index in [9.17, 15) is 0 Å². The van der Waals surface area contributed by atoms with E-state index in [4.69, 9.17) is 11.6 Å². The summed E-state index contributed by atoms with van der Waals surface area (Å²) in [6.45, 7) is 1.85. The molecule has 1 radical (unpaired) electrons. The van der Waals surface area contributed by atoms with Gasteiger partial charge in [0.05, 0.1) is 0 Å². The molecular formula is C4H9ClN. The van der Waals surface area contributed by atoms with E-state index >= 15 is 0 Å². The van der Waals surface area contributed by atoms with Crippen LogP contribution in [-0.4, -0.2) is 19.0 Å². The number of hydrogen-bond donors (Lipinski definition) is 0. The number of halogens is 1. The second-order valence-electron chi connectivity index (χ2n) is 1.39. The van der Waals surface area contributed by atoms with Crippen LogP contribution < -0.4 is 0 Å². The van der Waals surface area contributed by atoms with Crippen molar-refractivity contribution < 1.29 is 0 Å². The fraction of sp³-hybridized carbons (Fsp3) is 0.750. The van der Waals surface area contributed by atoms with Crippen molar-refractivity contribution in [3.05, 3.63) is 5.50 Å². The molecule has 0 aromatic rings. The summed E-state index contributed by atoms with van der Waals surface area (Å²) in [5, 5.41) is 0. The Balaban J connectivity index is 2.99. The third-order valence-electron chi connectivity index (χ3n) is 0.616. The first-order chi connectivity index (χ1) is 2.64. The molecule has 0 aliphatic carbocycles. The molecule has 0 atom stereocenters. The molecule has 0 aromatic carbocycles. The molecule has 2 heteroatoms. The van der Waals surface area contributed by atoms with E-state index in [2.05, 4.69) is 0 Å². The highest BCUT2D eigenvalue weighted by atomic mass is 35.5. The second kappa shape index (κ2) is 2.43. The van der Waals surface area contributed by atoms with Crippen LogP contribution in [0.5, 0.6) is 0 Å². The minimum atomic E-state index is 0.815. The molecule has 6 heavy (non-hydrogen) atoms. The van der Waals surface area contributed by atoms with Crippen molar-refractivity contribution in [1.82, 2.24) is 4.90 Å². The summed E-state index contributed by atoms with van der Waals surface area (Å²) >= 11 is 5.46. The van der Waals surface area contributed by atoms with Crippen LogP contribution in [0.2, 0.25) is 0 Å². The predicted molar refractivity (Wildman–Crippen MR) is 28.5 cm³/mol. The molecule has 1 nitrogen and oxygen atoms in total. The van der Waals surface area contributed by atoms with E-state index in [1.54, 1.807) is 0 Å². The largest absolute Gasteiger partial charge is 0.289 e. The minimum Gasteiger partial charge on any atom is -0.289 e. The Bertz CT molecular complexity index is 28.5. The summed E-state index contributed by atoms with van der Waals surface area (Å²) in [7, 11) is 3.81. The molecule has 0 heterocycles. The summed E-state index contributed by atoms with van der Waals surface area (Å²) in [6.07, 6.45) is 0. The van der Waals surface area contributed by atoms with Gasteiger partial charge in [-0.1, -0.05) is 11.6 Å². The first-order valence-corrected chi connectivity index (χ1v) is 2.18. The smallest absolute Gasteiger partial charge is 0.125 e. The molecule has 0 unspecified atom stereocenters. The van der Waals surface area contributed by atoms with Gasteiger partial charge in [-0.25, -0.2) is 0 Å². The Kier molecular flexibility index (Phi) is 2.53. The van der Waals surface area contributed by atoms with Crippen molar-refractivity contribution >= 4 is 11.6 Å². The third-order valence-corrected chi connectivity index (χ3v) is 0.954. The Labute approximate surface area is 43.9 Å².